The number of benzene rings is 2. The molecule has 0 aliphatic carbocycles. The summed E-state index contributed by atoms with van der Waals surface area (Å²) in [7, 11) is 0. The predicted molar refractivity (Wildman–Crippen MR) is 85.6 cm³/mol. The Morgan fingerprint density at radius 1 is 1.29 bits per heavy atom. The zero-order valence-electron chi connectivity index (χ0n) is 11.3. The van der Waals surface area contributed by atoms with Gasteiger partial charge in [-0.15, -0.1) is 0 Å². The number of nitrogens with two attached hydrogens (primary N) is 1. The van der Waals surface area contributed by atoms with Gasteiger partial charge in [-0.3, -0.25) is 4.79 Å². The second-order valence-corrected chi connectivity index (χ2v) is 6.09. The number of hydrogen-bond donors (Lipinski definition) is 2. The largest absolute Gasteiger partial charge is 0.507 e. The first kappa shape index (κ1) is 14.1. The molecule has 1 aliphatic rings. The van der Waals surface area contributed by atoms with Gasteiger partial charge in [-0.25, -0.2) is 0 Å². The SMILES string of the molecule is NC1Cc2ccccc2N(C(=O)c2ccc(Br)cc2O)C1. The van der Waals surface area contributed by atoms with Crippen LogP contribution in [0.1, 0.15) is 15.9 Å². The smallest absolute Gasteiger partial charge is 0.262 e. The fourth-order valence-corrected chi connectivity index (χ4v) is 3.00. The second kappa shape index (κ2) is 5.50. The van der Waals surface area contributed by atoms with Crippen LogP contribution in [0.15, 0.2) is 46.9 Å². The molecule has 5 heteroatoms. The molecule has 3 rings (SSSR count). The maximum atomic E-state index is 12.7. The molecule has 1 amide bonds. The lowest BCUT2D eigenvalue weighted by atomic mass is 9.97. The van der Waals surface area contributed by atoms with Gasteiger partial charge in [0.1, 0.15) is 5.75 Å². The summed E-state index contributed by atoms with van der Waals surface area (Å²) in [4.78, 5) is 14.4. The number of rotatable bonds is 1. The summed E-state index contributed by atoms with van der Waals surface area (Å²) in [6, 6.07) is 12.5. The van der Waals surface area contributed by atoms with Crippen molar-refractivity contribution in [2.45, 2.75) is 12.5 Å². The van der Waals surface area contributed by atoms with Gasteiger partial charge >= 0.3 is 0 Å². The quantitative estimate of drug-likeness (QED) is 0.834. The highest BCUT2D eigenvalue weighted by Crippen LogP contribution is 2.30. The average Bonchev–Trinajstić information content (AvgIpc) is 2.45. The van der Waals surface area contributed by atoms with Crippen LogP contribution in [-0.4, -0.2) is 23.6 Å². The molecule has 0 spiro atoms. The summed E-state index contributed by atoms with van der Waals surface area (Å²) in [5.41, 5.74) is 8.26. The Morgan fingerprint density at radius 3 is 2.81 bits per heavy atom. The Bertz CT molecular complexity index is 702. The van der Waals surface area contributed by atoms with Gasteiger partial charge < -0.3 is 15.7 Å². The van der Waals surface area contributed by atoms with Crippen molar-refractivity contribution in [3.05, 3.63) is 58.1 Å². The molecule has 0 saturated carbocycles. The molecular formula is C16H15BrN2O2. The number of hydrogen-bond acceptors (Lipinski definition) is 3. The van der Waals surface area contributed by atoms with Gasteiger partial charge in [0.25, 0.3) is 5.91 Å². The monoisotopic (exact) mass is 346 g/mol. The average molecular weight is 347 g/mol. The van der Waals surface area contributed by atoms with Crippen molar-refractivity contribution in [1.29, 1.82) is 0 Å². The lowest BCUT2D eigenvalue weighted by molar-refractivity contribution is 0.0981. The van der Waals surface area contributed by atoms with E-state index in [2.05, 4.69) is 15.9 Å². The first-order valence-corrected chi connectivity index (χ1v) is 7.49. The van der Waals surface area contributed by atoms with Gasteiger partial charge in [0.2, 0.25) is 0 Å². The van der Waals surface area contributed by atoms with Crippen LogP contribution in [0.4, 0.5) is 5.69 Å². The predicted octanol–water partition coefficient (Wildman–Crippen LogP) is 2.68. The van der Waals surface area contributed by atoms with Crippen LogP contribution in [0.2, 0.25) is 0 Å². The third kappa shape index (κ3) is 2.66. The summed E-state index contributed by atoms with van der Waals surface area (Å²) in [5, 5.41) is 10.00. The van der Waals surface area contributed by atoms with Crippen molar-refractivity contribution in [2.75, 3.05) is 11.4 Å². The van der Waals surface area contributed by atoms with Gasteiger partial charge in [-0.05, 0) is 36.2 Å². The number of anilines is 1. The number of amides is 1. The van der Waals surface area contributed by atoms with E-state index < -0.39 is 0 Å². The molecule has 21 heavy (non-hydrogen) atoms. The van der Waals surface area contributed by atoms with Crippen molar-refractivity contribution in [3.8, 4) is 5.75 Å². The lowest BCUT2D eigenvalue weighted by Crippen LogP contribution is -2.46. The fraction of sp³-hybridized carbons (Fsp3) is 0.188. The van der Waals surface area contributed by atoms with Crippen LogP contribution in [0.3, 0.4) is 0 Å². The first-order valence-electron chi connectivity index (χ1n) is 6.70. The third-order valence-electron chi connectivity index (χ3n) is 3.62. The standard InChI is InChI=1S/C16H15BrN2O2/c17-11-5-6-13(15(20)8-11)16(21)19-9-12(18)7-10-3-1-2-4-14(10)19/h1-6,8,12,20H,7,9,18H2. The molecule has 108 valence electrons. The van der Waals surface area contributed by atoms with Gasteiger partial charge in [0.05, 0.1) is 5.56 Å². The molecule has 1 aliphatic heterocycles. The fourth-order valence-electron chi connectivity index (χ4n) is 2.65. The molecule has 0 bridgehead atoms. The van der Waals surface area contributed by atoms with Gasteiger partial charge in [0.15, 0.2) is 0 Å². The normalized spacial score (nSPS) is 17.4. The topological polar surface area (TPSA) is 66.6 Å². The van der Waals surface area contributed by atoms with E-state index in [0.717, 1.165) is 22.1 Å². The molecule has 0 fully saturated rings. The van der Waals surface area contributed by atoms with E-state index in [0.29, 0.717) is 6.54 Å². The number of phenolic OH excluding ortho intramolecular Hbond substituents is 1. The molecule has 3 N–H and O–H groups in total. The minimum atomic E-state index is -0.234. The molecule has 2 aromatic carbocycles. The number of nitrogens with zero attached hydrogens (tertiary/aromatic N) is 1. The van der Waals surface area contributed by atoms with E-state index in [9.17, 15) is 9.90 Å². The molecule has 1 heterocycles. The van der Waals surface area contributed by atoms with E-state index in [1.807, 2.05) is 24.3 Å². The summed E-state index contributed by atoms with van der Waals surface area (Å²) >= 11 is 3.27. The Morgan fingerprint density at radius 2 is 2.05 bits per heavy atom. The van der Waals surface area contributed by atoms with Crippen LogP contribution in [0.25, 0.3) is 0 Å². The van der Waals surface area contributed by atoms with Crippen LogP contribution < -0.4 is 10.6 Å². The number of carbonyl (C=O) groups excluding carboxylic acids is 1. The van der Waals surface area contributed by atoms with Crippen LogP contribution in [0.5, 0.6) is 5.75 Å². The minimum absolute atomic E-state index is 0.0361. The van der Waals surface area contributed by atoms with E-state index >= 15 is 0 Å². The maximum Gasteiger partial charge on any atom is 0.262 e. The number of aromatic hydroxyl groups is 1. The number of para-hydroxylation sites is 1. The summed E-state index contributed by atoms with van der Waals surface area (Å²) in [6.45, 7) is 0.450. The summed E-state index contributed by atoms with van der Waals surface area (Å²) in [6.07, 6.45) is 0.756. The highest BCUT2D eigenvalue weighted by molar-refractivity contribution is 9.10. The molecule has 0 saturated heterocycles. The Labute approximate surface area is 131 Å². The van der Waals surface area contributed by atoms with Crippen molar-refractivity contribution in [1.82, 2.24) is 0 Å². The van der Waals surface area contributed by atoms with Gasteiger partial charge in [0, 0.05) is 22.7 Å². The van der Waals surface area contributed by atoms with E-state index in [4.69, 9.17) is 5.73 Å². The zero-order valence-corrected chi connectivity index (χ0v) is 12.9. The van der Waals surface area contributed by atoms with Gasteiger partial charge in [-0.1, -0.05) is 34.1 Å². The van der Waals surface area contributed by atoms with Crippen LogP contribution >= 0.6 is 15.9 Å². The second-order valence-electron chi connectivity index (χ2n) is 5.17. The maximum absolute atomic E-state index is 12.7. The van der Waals surface area contributed by atoms with Crippen molar-refractivity contribution >= 4 is 27.5 Å². The third-order valence-corrected chi connectivity index (χ3v) is 4.11. The Balaban J connectivity index is 2.02. The first-order chi connectivity index (χ1) is 10.1. The number of carbonyl (C=O) groups is 1. The summed E-state index contributed by atoms with van der Waals surface area (Å²) < 4.78 is 0.729. The van der Waals surface area contributed by atoms with Crippen LogP contribution in [0, 0.1) is 0 Å². The number of phenols is 1. The molecule has 0 radical (unpaired) electrons. The molecule has 1 atom stereocenters. The highest BCUT2D eigenvalue weighted by Gasteiger charge is 2.28. The van der Waals surface area contributed by atoms with Gasteiger partial charge in [-0.2, -0.15) is 0 Å². The van der Waals surface area contributed by atoms with E-state index in [1.165, 1.54) is 6.07 Å². The summed E-state index contributed by atoms with van der Waals surface area (Å²) in [5.74, 6) is -0.270. The molecule has 0 aromatic heterocycles. The minimum Gasteiger partial charge on any atom is -0.507 e. The molecule has 4 nitrogen and oxygen atoms in total. The van der Waals surface area contributed by atoms with E-state index in [-0.39, 0.29) is 23.3 Å². The zero-order chi connectivity index (χ0) is 15.0. The number of halogens is 1. The molecular weight excluding hydrogens is 332 g/mol. The van der Waals surface area contributed by atoms with E-state index in [1.54, 1.807) is 17.0 Å². The van der Waals surface area contributed by atoms with Crippen molar-refractivity contribution < 1.29 is 9.90 Å². The number of fused-ring (bicyclic) bond motifs is 1. The molecule has 1 unspecified atom stereocenters. The highest BCUT2D eigenvalue weighted by atomic mass is 79.9. The lowest BCUT2D eigenvalue weighted by Gasteiger charge is -2.33. The Kier molecular flexibility index (Phi) is 3.69. The molecule has 2 aromatic rings. The van der Waals surface area contributed by atoms with Crippen molar-refractivity contribution in [3.63, 3.8) is 0 Å². The van der Waals surface area contributed by atoms with Crippen LogP contribution in [-0.2, 0) is 6.42 Å². The van der Waals surface area contributed by atoms with Crippen molar-refractivity contribution in [2.24, 2.45) is 5.73 Å². The Hall–Kier alpha value is -1.85.